The Balaban J connectivity index is 2.66. The van der Waals surface area contributed by atoms with E-state index in [1.54, 1.807) is 12.3 Å². The van der Waals surface area contributed by atoms with Crippen molar-refractivity contribution >= 4 is 0 Å². The lowest BCUT2D eigenvalue weighted by molar-refractivity contribution is 0.305. The van der Waals surface area contributed by atoms with E-state index in [4.69, 9.17) is 4.74 Å². The third-order valence-corrected chi connectivity index (χ3v) is 1.96. The van der Waals surface area contributed by atoms with Crippen LogP contribution in [0.5, 0.6) is 5.88 Å². The van der Waals surface area contributed by atoms with Crippen molar-refractivity contribution in [2.75, 3.05) is 13.2 Å². The number of ether oxygens (including phenoxy) is 1. The van der Waals surface area contributed by atoms with Crippen molar-refractivity contribution in [3.05, 3.63) is 23.6 Å². The van der Waals surface area contributed by atoms with Crippen LogP contribution < -0.4 is 10.1 Å². The average molecular weight is 212 g/mol. The summed E-state index contributed by atoms with van der Waals surface area (Å²) in [6, 6.07) is 1.67. The number of nitrogens with zero attached hydrogens (tertiary/aromatic N) is 1. The van der Waals surface area contributed by atoms with Crippen molar-refractivity contribution in [1.29, 1.82) is 0 Å². The minimum atomic E-state index is -0.358. The third kappa shape index (κ3) is 3.47. The summed E-state index contributed by atoms with van der Waals surface area (Å²) in [5.41, 5.74) is 0.599. The van der Waals surface area contributed by atoms with Gasteiger partial charge in [-0.15, -0.1) is 0 Å². The monoisotopic (exact) mass is 212 g/mol. The van der Waals surface area contributed by atoms with E-state index >= 15 is 0 Å². The maximum Gasteiger partial charge on any atom is 0.250 e. The zero-order valence-electron chi connectivity index (χ0n) is 9.22. The zero-order valence-corrected chi connectivity index (χ0v) is 9.22. The highest BCUT2D eigenvalue weighted by Crippen LogP contribution is 2.16. The SMILES string of the molecule is CCCNCc1ccnc(OCC)c1F. The molecule has 3 nitrogen and oxygen atoms in total. The highest BCUT2D eigenvalue weighted by Gasteiger charge is 2.09. The van der Waals surface area contributed by atoms with Gasteiger partial charge in [-0.25, -0.2) is 9.37 Å². The van der Waals surface area contributed by atoms with E-state index in [9.17, 15) is 4.39 Å². The molecule has 84 valence electrons. The molecule has 1 aromatic rings. The number of aromatic nitrogens is 1. The van der Waals surface area contributed by atoms with Crippen LogP contribution in [-0.4, -0.2) is 18.1 Å². The first kappa shape index (κ1) is 11.9. The van der Waals surface area contributed by atoms with E-state index in [0.29, 0.717) is 18.7 Å². The van der Waals surface area contributed by atoms with Gasteiger partial charge < -0.3 is 10.1 Å². The van der Waals surface area contributed by atoms with Gasteiger partial charge in [0.2, 0.25) is 0 Å². The van der Waals surface area contributed by atoms with Crippen molar-refractivity contribution in [3.63, 3.8) is 0 Å². The predicted molar refractivity (Wildman–Crippen MR) is 57.4 cm³/mol. The summed E-state index contributed by atoms with van der Waals surface area (Å²) >= 11 is 0. The Morgan fingerprint density at radius 2 is 2.27 bits per heavy atom. The topological polar surface area (TPSA) is 34.2 Å². The van der Waals surface area contributed by atoms with Gasteiger partial charge in [0, 0.05) is 18.3 Å². The molecule has 0 spiro atoms. The smallest absolute Gasteiger partial charge is 0.250 e. The Hall–Kier alpha value is -1.16. The van der Waals surface area contributed by atoms with Crippen LogP contribution in [0.2, 0.25) is 0 Å². The number of halogens is 1. The number of nitrogens with one attached hydrogen (secondary N) is 1. The summed E-state index contributed by atoms with van der Waals surface area (Å²) in [5, 5.41) is 3.14. The van der Waals surface area contributed by atoms with E-state index in [2.05, 4.69) is 17.2 Å². The van der Waals surface area contributed by atoms with E-state index < -0.39 is 0 Å². The molecular formula is C11H17FN2O. The maximum absolute atomic E-state index is 13.7. The van der Waals surface area contributed by atoms with E-state index in [0.717, 1.165) is 13.0 Å². The van der Waals surface area contributed by atoms with Crippen LogP contribution in [0.15, 0.2) is 12.3 Å². The molecule has 0 unspecified atom stereocenters. The van der Waals surface area contributed by atoms with Crippen molar-refractivity contribution in [1.82, 2.24) is 10.3 Å². The normalized spacial score (nSPS) is 10.3. The summed E-state index contributed by atoms with van der Waals surface area (Å²) < 4.78 is 18.7. The molecule has 0 bridgehead atoms. The number of pyridine rings is 1. The van der Waals surface area contributed by atoms with Gasteiger partial charge in [0.1, 0.15) is 0 Å². The molecular weight excluding hydrogens is 195 g/mol. The lowest BCUT2D eigenvalue weighted by atomic mass is 10.2. The molecule has 1 rings (SSSR count). The Morgan fingerprint density at radius 3 is 2.93 bits per heavy atom. The van der Waals surface area contributed by atoms with Crippen LogP contribution in [0.4, 0.5) is 4.39 Å². The van der Waals surface area contributed by atoms with Crippen molar-refractivity contribution < 1.29 is 9.13 Å². The van der Waals surface area contributed by atoms with E-state index in [1.807, 2.05) is 6.92 Å². The van der Waals surface area contributed by atoms with Gasteiger partial charge in [-0.1, -0.05) is 6.92 Å². The predicted octanol–water partition coefficient (Wildman–Crippen LogP) is 2.12. The first-order valence-corrected chi connectivity index (χ1v) is 5.26. The third-order valence-electron chi connectivity index (χ3n) is 1.96. The second kappa shape index (κ2) is 6.35. The fourth-order valence-corrected chi connectivity index (χ4v) is 1.24. The molecule has 0 radical (unpaired) electrons. The van der Waals surface area contributed by atoms with Gasteiger partial charge in [0.25, 0.3) is 5.88 Å². The largest absolute Gasteiger partial charge is 0.476 e. The molecule has 0 amide bonds. The molecule has 1 N–H and O–H groups in total. The molecule has 15 heavy (non-hydrogen) atoms. The highest BCUT2D eigenvalue weighted by atomic mass is 19.1. The Kier molecular flexibility index (Phi) is 5.04. The first-order valence-electron chi connectivity index (χ1n) is 5.26. The average Bonchev–Trinajstić information content (AvgIpc) is 2.24. The first-order chi connectivity index (χ1) is 7.29. The minimum Gasteiger partial charge on any atom is -0.476 e. The molecule has 0 aliphatic carbocycles. The van der Waals surface area contributed by atoms with Gasteiger partial charge in [-0.3, -0.25) is 0 Å². The van der Waals surface area contributed by atoms with Crippen molar-refractivity contribution in [3.8, 4) is 5.88 Å². The Bertz CT molecular complexity index is 305. The number of hydrogen-bond acceptors (Lipinski definition) is 3. The summed E-state index contributed by atoms with van der Waals surface area (Å²) in [6.45, 7) is 5.70. The molecule has 0 aliphatic heterocycles. The summed E-state index contributed by atoms with van der Waals surface area (Å²) in [5.74, 6) is -0.267. The van der Waals surface area contributed by atoms with Gasteiger partial charge >= 0.3 is 0 Å². The van der Waals surface area contributed by atoms with Crippen LogP contribution in [0, 0.1) is 5.82 Å². The minimum absolute atomic E-state index is 0.0910. The van der Waals surface area contributed by atoms with Crippen molar-refractivity contribution in [2.45, 2.75) is 26.8 Å². The molecule has 1 heterocycles. The Morgan fingerprint density at radius 1 is 1.47 bits per heavy atom. The fraction of sp³-hybridized carbons (Fsp3) is 0.545. The molecule has 0 aromatic carbocycles. The lowest BCUT2D eigenvalue weighted by Gasteiger charge is -2.08. The number of hydrogen-bond donors (Lipinski definition) is 1. The Labute approximate surface area is 89.7 Å². The second-order valence-corrected chi connectivity index (χ2v) is 3.20. The second-order valence-electron chi connectivity index (χ2n) is 3.20. The molecule has 4 heteroatoms. The quantitative estimate of drug-likeness (QED) is 0.733. The highest BCUT2D eigenvalue weighted by molar-refractivity contribution is 5.23. The number of rotatable bonds is 6. The fourth-order valence-electron chi connectivity index (χ4n) is 1.24. The molecule has 0 saturated carbocycles. The van der Waals surface area contributed by atoms with Crippen molar-refractivity contribution in [2.24, 2.45) is 0 Å². The van der Waals surface area contributed by atoms with Crippen LogP contribution >= 0.6 is 0 Å². The van der Waals surface area contributed by atoms with Crippen LogP contribution in [0.3, 0.4) is 0 Å². The standard InChI is InChI=1S/C11H17FN2O/c1-3-6-13-8-9-5-7-14-11(10(9)12)15-4-2/h5,7,13H,3-4,6,8H2,1-2H3. The van der Waals surface area contributed by atoms with Crippen LogP contribution in [0.1, 0.15) is 25.8 Å². The maximum atomic E-state index is 13.7. The van der Waals surface area contributed by atoms with Gasteiger partial charge in [0.05, 0.1) is 6.61 Å². The molecule has 0 fully saturated rings. The lowest BCUT2D eigenvalue weighted by Crippen LogP contribution is -2.15. The van der Waals surface area contributed by atoms with Gasteiger partial charge in [-0.05, 0) is 26.0 Å². The summed E-state index contributed by atoms with van der Waals surface area (Å²) in [6.07, 6.45) is 2.60. The molecule has 0 atom stereocenters. The molecule has 0 saturated heterocycles. The summed E-state index contributed by atoms with van der Waals surface area (Å²) in [7, 11) is 0. The zero-order chi connectivity index (χ0) is 11.1. The molecule has 0 aliphatic rings. The van der Waals surface area contributed by atoms with E-state index in [1.165, 1.54) is 0 Å². The molecule has 1 aromatic heterocycles. The summed E-state index contributed by atoms with van der Waals surface area (Å²) in [4.78, 5) is 3.83. The van der Waals surface area contributed by atoms with Crippen LogP contribution in [-0.2, 0) is 6.54 Å². The van der Waals surface area contributed by atoms with E-state index in [-0.39, 0.29) is 11.7 Å². The van der Waals surface area contributed by atoms with Crippen LogP contribution in [0.25, 0.3) is 0 Å². The van der Waals surface area contributed by atoms with Gasteiger partial charge in [0.15, 0.2) is 5.82 Å². The van der Waals surface area contributed by atoms with Gasteiger partial charge in [-0.2, -0.15) is 0 Å².